The van der Waals surface area contributed by atoms with Crippen LogP contribution in [-0.4, -0.2) is 11.8 Å². The van der Waals surface area contributed by atoms with Crippen LogP contribution < -0.4 is 25.1 Å². The summed E-state index contributed by atoms with van der Waals surface area (Å²) in [6.45, 7) is 0. The van der Waals surface area contributed by atoms with Gasteiger partial charge in [0.2, 0.25) is 11.6 Å². The molecule has 0 saturated heterocycles. The van der Waals surface area contributed by atoms with Crippen molar-refractivity contribution in [1.82, 2.24) is 0 Å². The Morgan fingerprint density at radius 1 is 0.475 bits per heavy atom. The maximum Gasteiger partial charge on any atom is 0.292 e. The molecule has 1 aromatic heterocycles. The van der Waals surface area contributed by atoms with Crippen LogP contribution >= 0.6 is 0 Å². The number of H-pyrrole nitrogens is 1. The minimum Gasteiger partial charge on any atom is -0.457 e. The predicted molar refractivity (Wildman–Crippen MR) is 150 cm³/mol. The average Bonchev–Trinajstić information content (AvgIpc) is 2.98. The number of rotatable bonds is 4. The largest absolute Gasteiger partial charge is 0.457 e. The number of para-hydroxylation sites is 4. The summed E-state index contributed by atoms with van der Waals surface area (Å²) in [5, 5.41) is 5.99. The first kappa shape index (κ1) is 23.7. The molecule has 7 rings (SSSR count). The van der Waals surface area contributed by atoms with Gasteiger partial charge in [0.25, 0.3) is 11.8 Å². The van der Waals surface area contributed by atoms with E-state index in [0.29, 0.717) is 34.6 Å². The molecule has 0 bridgehead atoms. The standard InChI is InChI=1S/C33H23N3O4/c37-32(30-20-10-1-5-14-24(20)39-25-15-6-2-11-21(25)30)35-28-18-9-19-29(34-28)36-33(38)31-22-12-3-7-16-26(22)40-27-17-8-4-13-23(27)31/h1-19,30-31H,(H2,34,35,36,37,38)/p+1. The summed E-state index contributed by atoms with van der Waals surface area (Å²) in [5.74, 6) is 2.00. The van der Waals surface area contributed by atoms with Gasteiger partial charge in [0.1, 0.15) is 34.8 Å². The number of pyridine rings is 1. The molecule has 2 amide bonds. The van der Waals surface area contributed by atoms with Crippen molar-refractivity contribution in [2.75, 3.05) is 10.6 Å². The number of fused-ring (bicyclic) bond motifs is 4. The van der Waals surface area contributed by atoms with E-state index in [2.05, 4.69) is 15.6 Å². The highest BCUT2D eigenvalue weighted by Crippen LogP contribution is 2.45. The maximum atomic E-state index is 13.7. The molecule has 3 N–H and O–H groups in total. The Morgan fingerprint density at radius 3 is 1.15 bits per heavy atom. The van der Waals surface area contributed by atoms with Gasteiger partial charge >= 0.3 is 0 Å². The lowest BCUT2D eigenvalue weighted by Crippen LogP contribution is -2.31. The third-order valence-electron chi connectivity index (χ3n) is 7.20. The molecule has 0 spiro atoms. The van der Waals surface area contributed by atoms with Crippen LogP contribution in [0.4, 0.5) is 11.6 Å². The minimum absolute atomic E-state index is 0.213. The van der Waals surface area contributed by atoms with Crippen molar-refractivity contribution in [3.05, 3.63) is 138 Å². The highest BCUT2D eigenvalue weighted by Gasteiger charge is 2.36. The number of aromatic nitrogens is 1. The summed E-state index contributed by atoms with van der Waals surface area (Å²) in [5.41, 5.74) is 3.17. The van der Waals surface area contributed by atoms with Crippen molar-refractivity contribution in [2.45, 2.75) is 11.8 Å². The van der Waals surface area contributed by atoms with Crippen molar-refractivity contribution in [3.8, 4) is 23.0 Å². The number of carbonyl (C=O) groups excluding carboxylic acids is 2. The van der Waals surface area contributed by atoms with E-state index in [0.717, 1.165) is 22.3 Å². The zero-order chi connectivity index (χ0) is 27.1. The van der Waals surface area contributed by atoms with Gasteiger partial charge in [-0.25, -0.2) is 15.6 Å². The Kier molecular flexibility index (Phi) is 5.74. The fraction of sp³-hybridized carbons (Fsp3) is 0.0606. The van der Waals surface area contributed by atoms with E-state index in [4.69, 9.17) is 9.47 Å². The Morgan fingerprint density at radius 2 is 0.800 bits per heavy atom. The van der Waals surface area contributed by atoms with Gasteiger partial charge in [-0.2, -0.15) is 0 Å². The molecule has 0 atom stereocenters. The van der Waals surface area contributed by atoms with Crippen molar-refractivity contribution in [3.63, 3.8) is 0 Å². The van der Waals surface area contributed by atoms with E-state index in [1.54, 1.807) is 18.2 Å². The van der Waals surface area contributed by atoms with Crippen LogP contribution in [0.15, 0.2) is 115 Å². The van der Waals surface area contributed by atoms with Crippen LogP contribution in [0, 0.1) is 0 Å². The summed E-state index contributed by atoms with van der Waals surface area (Å²) >= 11 is 0. The molecule has 4 aromatic carbocycles. The first-order valence-electron chi connectivity index (χ1n) is 13.0. The maximum absolute atomic E-state index is 13.7. The number of benzene rings is 4. The molecule has 0 saturated carbocycles. The monoisotopic (exact) mass is 526 g/mol. The molecule has 5 aromatic rings. The summed E-state index contributed by atoms with van der Waals surface area (Å²) in [7, 11) is 0. The van der Waals surface area contributed by atoms with Gasteiger partial charge in [-0.3, -0.25) is 9.59 Å². The molecule has 40 heavy (non-hydrogen) atoms. The number of amides is 2. The highest BCUT2D eigenvalue weighted by atomic mass is 16.5. The van der Waals surface area contributed by atoms with Gasteiger partial charge in [-0.05, 0) is 30.3 Å². The van der Waals surface area contributed by atoms with Gasteiger partial charge in [0.05, 0.1) is 0 Å². The molecule has 0 aliphatic carbocycles. The van der Waals surface area contributed by atoms with Gasteiger partial charge < -0.3 is 9.47 Å². The minimum atomic E-state index is -0.553. The van der Waals surface area contributed by atoms with E-state index in [1.165, 1.54) is 0 Å². The Balaban J connectivity index is 1.15. The number of hydrogen-bond donors (Lipinski definition) is 2. The number of nitrogens with one attached hydrogen (secondary N) is 3. The summed E-state index contributed by atoms with van der Waals surface area (Å²) in [6.07, 6.45) is 0. The summed E-state index contributed by atoms with van der Waals surface area (Å²) in [6, 6.07) is 35.5. The van der Waals surface area contributed by atoms with Gasteiger partial charge in [0.15, 0.2) is 0 Å². The molecule has 0 fully saturated rings. The van der Waals surface area contributed by atoms with Crippen LogP contribution in [0.2, 0.25) is 0 Å². The molecular weight excluding hydrogens is 502 g/mol. The fourth-order valence-corrected chi connectivity index (χ4v) is 5.41. The zero-order valence-electron chi connectivity index (χ0n) is 21.3. The molecule has 2 aliphatic heterocycles. The first-order chi connectivity index (χ1) is 19.7. The smallest absolute Gasteiger partial charge is 0.292 e. The van der Waals surface area contributed by atoms with Gasteiger partial charge in [0, 0.05) is 34.4 Å². The third kappa shape index (κ3) is 4.14. The molecule has 194 valence electrons. The van der Waals surface area contributed by atoms with Gasteiger partial charge in [-0.15, -0.1) is 0 Å². The molecule has 2 aliphatic rings. The van der Waals surface area contributed by atoms with E-state index in [-0.39, 0.29) is 11.8 Å². The quantitative estimate of drug-likeness (QED) is 0.290. The Bertz CT molecular complexity index is 1570. The number of hydrogen-bond acceptors (Lipinski definition) is 4. The topological polar surface area (TPSA) is 90.8 Å². The fourth-order valence-electron chi connectivity index (χ4n) is 5.41. The molecule has 0 unspecified atom stereocenters. The second kappa shape index (κ2) is 9.71. The summed E-state index contributed by atoms with van der Waals surface area (Å²) in [4.78, 5) is 30.5. The van der Waals surface area contributed by atoms with E-state index >= 15 is 0 Å². The Labute approximate surface area is 230 Å². The van der Waals surface area contributed by atoms with Crippen LogP contribution in [0.25, 0.3) is 0 Å². The van der Waals surface area contributed by atoms with E-state index < -0.39 is 11.8 Å². The van der Waals surface area contributed by atoms with E-state index in [9.17, 15) is 9.59 Å². The SMILES string of the molecule is O=C(Nc1cccc(NC(=O)C2c3ccccc3Oc3ccccc32)[nH+]1)C1c2ccccc2Oc2ccccc21. The van der Waals surface area contributed by atoms with Crippen LogP contribution in [0.1, 0.15) is 34.1 Å². The molecule has 0 radical (unpaired) electrons. The normalized spacial score (nSPS) is 13.4. The molecule has 3 heterocycles. The number of carbonyl (C=O) groups is 2. The third-order valence-corrected chi connectivity index (χ3v) is 7.20. The lowest BCUT2D eigenvalue weighted by atomic mass is 9.87. The molecule has 7 heteroatoms. The number of anilines is 2. The highest BCUT2D eigenvalue weighted by molar-refractivity contribution is 6.00. The van der Waals surface area contributed by atoms with Gasteiger partial charge in [-0.1, -0.05) is 72.8 Å². The second-order valence-corrected chi connectivity index (χ2v) is 9.68. The average molecular weight is 527 g/mol. The predicted octanol–water partition coefficient (Wildman–Crippen LogP) is 6.25. The van der Waals surface area contributed by atoms with Crippen LogP contribution in [0.3, 0.4) is 0 Å². The summed E-state index contributed by atoms with van der Waals surface area (Å²) < 4.78 is 12.1. The van der Waals surface area contributed by atoms with Crippen molar-refractivity contribution in [2.24, 2.45) is 0 Å². The molecule has 7 nitrogen and oxygen atoms in total. The van der Waals surface area contributed by atoms with Crippen molar-refractivity contribution < 1.29 is 24.0 Å². The molecular formula is C33H24N3O4+. The van der Waals surface area contributed by atoms with E-state index in [1.807, 2.05) is 97.1 Å². The first-order valence-corrected chi connectivity index (χ1v) is 13.0. The van der Waals surface area contributed by atoms with Crippen LogP contribution in [-0.2, 0) is 9.59 Å². The number of ether oxygens (including phenoxy) is 2. The number of aromatic amines is 1. The van der Waals surface area contributed by atoms with Crippen molar-refractivity contribution in [1.29, 1.82) is 0 Å². The zero-order valence-corrected chi connectivity index (χ0v) is 21.3. The lowest BCUT2D eigenvalue weighted by molar-refractivity contribution is -0.343. The van der Waals surface area contributed by atoms with Crippen LogP contribution in [0.5, 0.6) is 23.0 Å². The van der Waals surface area contributed by atoms with Crippen molar-refractivity contribution >= 4 is 23.5 Å². The lowest BCUT2D eigenvalue weighted by Gasteiger charge is -2.26. The Hall–Kier alpha value is -5.43. The second-order valence-electron chi connectivity index (χ2n) is 9.68.